The van der Waals surface area contributed by atoms with E-state index in [1.807, 2.05) is 12.1 Å². The van der Waals surface area contributed by atoms with Crippen molar-refractivity contribution in [1.82, 2.24) is 4.98 Å². The van der Waals surface area contributed by atoms with Crippen LogP contribution in [0.2, 0.25) is 5.15 Å². The SMILES string of the molecule is O=C(Nc1cnc(Cl)c(Br)c1)c1ccccc1Br. The van der Waals surface area contributed by atoms with Crippen LogP contribution < -0.4 is 5.32 Å². The first-order valence-corrected chi connectivity index (χ1v) is 6.91. The Morgan fingerprint density at radius 1 is 1.22 bits per heavy atom. The predicted octanol–water partition coefficient (Wildman–Crippen LogP) is 4.51. The number of carbonyl (C=O) groups is 1. The number of hydrogen-bond acceptors (Lipinski definition) is 2. The molecule has 0 aliphatic heterocycles. The van der Waals surface area contributed by atoms with Crippen LogP contribution in [-0.2, 0) is 0 Å². The largest absolute Gasteiger partial charge is 0.321 e. The molecular weight excluding hydrogens is 383 g/mol. The highest BCUT2D eigenvalue weighted by molar-refractivity contribution is 9.10. The molecule has 0 radical (unpaired) electrons. The highest BCUT2D eigenvalue weighted by Crippen LogP contribution is 2.24. The summed E-state index contributed by atoms with van der Waals surface area (Å²) in [4.78, 5) is 16.0. The van der Waals surface area contributed by atoms with E-state index in [1.54, 1.807) is 18.2 Å². The molecule has 0 unspecified atom stereocenters. The van der Waals surface area contributed by atoms with Crippen molar-refractivity contribution in [1.29, 1.82) is 0 Å². The summed E-state index contributed by atoms with van der Waals surface area (Å²) in [5.41, 5.74) is 1.13. The summed E-state index contributed by atoms with van der Waals surface area (Å²) in [6, 6.07) is 8.89. The van der Waals surface area contributed by atoms with Crippen molar-refractivity contribution in [2.45, 2.75) is 0 Å². The predicted molar refractivity (Wildman–Crippen MR) is 79.0 cm³/mol. The fraction of sp³-hybridized carbons (Fsp3) is 0. The molecule has 92 valence electrons. The van der Waals surface area contributed by atoms with Gasteiger partial charge in [0.1, 0.15) is 5.15 Å². The van der Waals surface area contributed by atoms with Crippen molar-refractivity contribution in [2.24, 2.45) is 0 Å². The fourth-order valence-electron chi connectivity index (χ4n) is 1.33. The van der Waals surface area contributed by atoms with Crippen molar-refractivity contribution in [3.63, 3.8) is 0 Å². The number of anilines is 1. The lowest BCUT2D eigenvalue weighted by Crippen LogP contribution is -2.12. The molecular formula is C12H7Br2ClN2O. The molecule has 0 spiro atoms. The second-order valence-corrected chi connectivity index (χ2v) is 5.50. The zero-order valence-corrected chi connectivity index (χ0v) is 12.9. The summed E-state index contributed by atoms with van der Waals surface area (Å²) in [5.74, 6) is -0.210. The Labute approximate surface area is 126 Å². The fourth-order valence-corrected chi connectivity index (χ4v) is 2.25. The molecule has 0 aliphatic rings. The molecule has 0 fully saturated rings. The number of rotatable bonds is 2. The number of carbonyl (C=O) groups excluding carboxylic acids is 1. The van der Waals surface area contributed by atoms with Crippen molar-refractivity contribution in [3.05, 3.63) is 56.2 Å². The molecule has 3 nitrogen and oxygen atoms in total. The summed E-state index contributed by atoms with van der Waals surface area (Å²) in [7, 11) is 0. The molecule has 18 heavy (non-hydrogen) atoms. The zero-order chi connectivity index (χ0) is 13.1. The molecule has 1 aromatic carbocycles. The number of hydrogen-bond donors (Lipinski definition) is 1. The van der Waals surface area contributed by atoms with Crippen LogP contribution in [0.3, 0.4) is 0 Å². The van der Waals surface area contributed by atoms with Gasteiger partial charge >= 0.3 is 0 Å². The number of aromatic nitrogens is 1. The van der Waals surface area contributed by atoms with E-state index in [4.69, 9.17) is 11.6 Å². The van der Waals surface area contributed by atoms with Crippen molar-refractivity contribution in [2.75, 3.05) is 5.32 Å². The number of halogens is 3. The van der Waals surface area contributed by atoms with E-state index < -0.39 is 0 Å². The van der Waals surface area contributed by atoms with Gasteiger partial charge in [0.25, 0.3) is 5.91 Å². The van der Waals surface area contributed by atoms with Gasteiger partial charge in [0, 0.05) is 4.47 Å². The van der Waals surface area contributed by atoms with Gasteiger partial charge in [0.2, 0.25) is 0 Å². The van der Waals surface area contributed by atoms with E-state index in [9.17, 15) is 4.79 Å². The van der Waals surface area contributed by atoms with Gasteiger partial charge in [-0.15, -0.1) is 0 Å². The molecule has 1 heterocycles. The maximum Gasteiger partial charge on any atom is 0.256 e. The highest BCUT2D eigenvalue weighted by Gasteiger charge is 2.10. The van der Waals surface area contributed by atoms with Gasteiger partial charge < -0.3 is 5.32 Å². The molecule has 0 atom stereocenters. The van der Waals surface area contributed by atoms with E-state index >= 15 is 0 Å². The van der Waals surface area contributed by atoms with Gasteiger partial charge in [-0.3, -0.25) is 4.79 Å². The summed E-state index contributed by atoms with van der Waals surface area (Å²) in [6.45, 7) is 0. The van der Waals surface area contributed by atoms with E-state index in [-0.39, 0.29) is 5.91 Å². The smallest absolute Gasteiger partial charge is 0.256 e. The number of pyridine rings is 1. The van der Waals surface area contributed by atoms with Gasteiger partial charge in [-0.2, -0.15) is 0 Å². The first-order valence-electron chi connectivity index (χ1n) is 4.95. The lowest BCUT2D eigenvalue weighted by molar-refractivity contribution is 0.102. The Hall–Kier alpha value is -0.910. The van der Waals surface area contributed by atoms with Gasteiger partial charge in [-0.05, 0) is 50.1 Å². The maximum atomic E-state index is 12.0. The zero-order valence-electron chi connectivity index (χ0n) is 8.95. The molecule has 0 saturated carbocycles. The Morgan fingerprint density at radius 3 is 2.61 bits per heavy atom. The Kier molecular flexibility index (Phi) is 4.37. The van der Waals surface area contributed by atoms with E-state index in [2.05, 4.69) is 42.2 Å². The van der Waals surface area contributed by atoms with Crippen LogP contribution in [-0.4, -0.2) is 10.9 Å². The average Bonchev–Trinajstić information content (AvgIpc) is 2.34. The summed E-state index contributed by atoms with van der Waals surface area (Å²) < 4.78 is 1.37. The minimum absolute atomic E-state index is 0.210. The van der Waals surface area contributed by atoms with Gasteiger partial charge in [-0.25, -0.2) is 4.98 Å². The Balaban J connectivity index is 2.22. The van der Waals surface area contributed by atoms with Gasteiger partial charge in [0.15, 0.2) is 0 Å². The molecule has 6 heteroatoms. The van der Waals surface area contributed by atoms with Crippen LogP contribution in [0.5, 0.6) is 0 Å². The van der Waals surface area contributed by atoms with Gasteiger partial charge in [-0.1, -0.05) is 23.7 Å². The molecule has 2 aromatic rings. The van der Waals surface area contributed by atoms with Crippen LogP contribution in [0.1, 0.15) is 10.4 Å². The van der Waals surface area contributed by atoms with Crippen LogP contribution in [0, 0.1) is 0 Å². The Bertz CT molecular complexity index is 604. The van der Waals surface area contributed by atoms with Crippen molar-refractivity contribution >= 4 is 55.1 Å². The molecule has 0 aliphatic carbocycles. The second-order valence-electron chi connectivity index (χ2n) is 3.43. The molecule has 2 rings (SSSR count). The summed E-state index contributed by atoms with van der Waals surface area (Å²) >= 11 is 12.4. The lowest BCUT2D eigenvalue weighted by Gasteiger charge is -2.07. The molecule has 1 N–H and O–H groups in total. The Morgan fingerprint density at radius 2 is 1.94 bits per heavy atom. The second kappa shape index (κ2) is 5.82. The van der Waals surface area contributed by atoms with Crippen molar-refractivity contribution < 1.29 is 4.79 Å². The minimum Gasteiger partial charge on any atom is -0.321 e. The first kappa shape index (κ1) is 13.5. The minimum atomic E-state index is -0.210. The highest BCUT2D eigenvalue weighted by atomic mass is 79.9. The molecule has 1 aromatic heterocycles. The first-order chi connectivity index (χ1) is 8.58. The summed E-state index contributed by atoms with van der Waals surface area (Å²) in [6.07, 6.45) is 1.50. The lowest BCUT2D eigenvalue weighted by atomic mass is 10.2. The molecule has 0 bridgehead atoms. The third-order valence-electron chi connectivity index (χ3n) is 2.17. The van der Waals surface area contributed by atoms with Crippen LogP contribution >= 0.6 is 43.5 Å². The monoisotopic (exact) mass is 388 g/mol. The quantitative estimate of drug-likeness (QED) is 0.767. The average molecular weight is 390 g/mol. The van der Waals surface area contributed by atoms with E-state index in [0.717, 1.165) is 4.47 Å². The third-order valence-corrected chi connectivity index (χ3v) is 4.00. The molecule has 1 amide bonds. The standard InChI is InChI=1S/C12H7Br2ClN2O/c13-9-4-2-1-3-8(9)12(18)17-7-5-10(14)11(15)16-6-7/h1-6H,(H,17,18). The third kappa shape index (κ3) is 3.10. The number of amides is 1. The van der Waals surface area contributed by atoms with Crippen LogP contribution in [0.4, 0.5) is 5.69 Å². The van der Waals surface area contributed by atoms with E-state index in [0.29, 0.717) is 20.9 Å². The maximum absolute atomic E-state index is 12.0. The number of benzene rings is 1. The molecule has 0 saturated heterocycles. The number of nitrogens with zero attached hydrogens (tertiary/aromatic N) is 1. The van der Waals surface area contributed by atoms with E-state index in [1.165, 1.54) is 6.20 Å². The summed E-state index contributed by atoms with van der Waals surface area (Å²) in [5, 5.41) is 3.10. The normalized spacial score (nSPS) is 10.2. The van der Waals surface area contributed by atoms with Crippen molar-refractivity contribution in [3.8, 4) is 0 Å². The van der Waals surface area contributed by atoms with Gasteiger partial charge in [0.05, 0.1) is 21.9 Å². The van der Waals surface area contributed by atoms with Crippen LogP contribution in [0.15, 0.2) is 45.5 Å². The number of nitrogens with one attached hydrogen (secondary N) is 1. The topological polar surface area (TPSA) is 42.0 Å². The van der Waals surface area contributed by atoms with Crippen LogP contribution in [0.25, 0.3) is 0 Å².